The SMILES string of the molecule is Cc1cc(Cl)nc(COC(=O)CN2C(=O)[C@@H]3[C@H](C2=O)[C@H]2C=C[C@H]3C2)c1. The molecule has 0 spiro atoms. The second kappa shape index (κ2) is 5.95. The number of nitrogens with zero attached hydrogens (tertiary/aromatic N) is 2. The van der Waals surface area contributed by atoms with Crippen LogP contribution in [0.2, 0.25) is 5.15 Å². The molecule has 6 nitrogen and oxygen atoms in total. The van der Waals surface area contributed by atoms with Crippen LogP contribution in [0.25, 0.3) is 0 Å². The van der Waals surface area contributed by atoms with Gasteiger partial charge in [-0.1, -0.05) is 23.8 Å². The number of amides is 2. The minimum Gasteiger partial charge on any atom is -0.458 e. The Hall–Kier alpha value is -2.21. The van der Waals surface area contributed by atoms with Gasteiger partial charge in [0.15, 0.2) is 0 Å². The van der Waals surface area contributed by atoms with Crippen molar-refractivity contribution in [3.05, 3.63) is 40.7 Å². The molecular formula is C18H17ClN2O4. The van der Waals surface area contributed by atoms with Gasteiger partial charge in [-0.15, -0.1) is 0 Å². The molecule has 0 radical (unpaired) electrons. The number of hydrogen-bond donors (Lipinski definition) is 0. The highest BCUT2D eigenvalue weighted by Gasteiger charge is 2.59. The van der Waals surface area contributed by atoms with E-state index in [2.05, 4.69) is 4.98 Å². The van der Waals surface area contributed by atoms with Gasteiger partial charge in [0, 0.05) is 0 Å². The van der Waals surface area contributed by atoms with Gasteiger partial charge >= 0.3 is 5.97 Å². The van der Waals surface area contributed by atoms with Crippen molar-refractivity contribution in [2.24, 2.45) is 23.7 Å². The third-order valence-corrected chi connectivity index (χ3v) is 5.41. The molecule has 7 heteroatoms. The summed E-state index contributed by atoms with van der Waals surface area (Å²) in [7, 11) is 0. The first-order chi connectivity index (χ1) is 11.9. The summed E-state index contributed by atoms with van der Waals surface area (Å²) >= 11 is 5.87. The van der Waals surface area contributed by atoms with E-state index in [1.807, 2.05) is 19.1 Å². The molecule has 1 saturated heterocycles. The molecule has 0 aromatic carbocycles. The number of likely N-dealkylation sites (tertiary alicyclic amines) is 1. The van der Waals surface area contributed by atoms with Gasteiger partial charge in [0.1, 0.15) is 18.3 Å². The molecule has 0 unspecified atom stereocenters. The van der Waals surface area contributed by atoms with Crippen molar-refractivity contribution in [1.29, 1.82) is 0 Å². The first kappa shape index (κ1) is 16.3. The first-order valence-corrected chi connectivity index (χ1v) is 8.64. The summed E-state index contributed by atoms with van der Waals surface area (Å²) in [5.41, 5.74) is 1.43. The molecule has 130 valence electrons. The van der Waals surface area contributed by atoms with Crippen LogP contribution in [0.3, 0.4) is 0 Å². The van der Waals surface area contributed by atoms with Crippen LogP contribution in [0.4, 0.5) is 0 Å². The van der Waals surface area contributed by atoms with Crippen molar-refractivity contribution in [2.75, 3.05) is 6.54 Å². The van der Waals surface area contributed by atoms with E-state index in [1.165, 1.54) is 0 Å². The van der Waals surface area contributed by atoms with Crippen LogP contribution in [-0.2, 0) is 25.7 Å². The summed E-state index contributed by atoms with van der Waals surface area (Å²) < 4.78 is 5.17. The second-order valence-electron chi connectivity index (χ2n) is 6.88. The zero-order valence-corrected chi connectivity index (χ0v) is 14.4. The third-order valence-electron chi connectivity index (χ3n) is 5.22. The molecule has 2 amide bonds. The summed E-state index contributed by atoms with van der Waals surface area (Å²) in [6, 6.07) is 3.47. The number of rotatable bonds is 4. The lowest BCUT2D eigenvalue weighted by Crippen LogP contribution is -2.38. The van der Waals surface area contributed by atoms with Crippen molar-refractivity contribution >= 4 is 29.4 Å². The average molecular weight is 361 g/mol. The van der Waals surface area contributed by atoms with Crippen molar-refractivity contribution in [1.82, 2.24) is 9.88 Å². The van der Waals surface area contributed by atoms with Crippen molar-refractivity contribution in [3.63, 3.8) is 0 Å². The smallest absolute Gasteiger partial charge is 0.326 e. The molecule has 3 aliphatic rings. The van der Waals surface area contributed by atoms with E-state index >= 15 is 0 Å². The number of hydrogen-bond acceptors (Lipinski definition) is 5. The van der Waals surface area contributed by atoms with Crippen LogP contribution in [0.15, 0.2) is 24.3 Å². The van der Waals surface area contributed by atoms with Gasteiger partial charge in [-0.3, -0.25) is 19.3 Å². The number of aromatic nitrogens is 1. The molecule has 2 fully saturated rings. The molecule has 1 saturated carbocycles. The van der Waals surface area contributed by atoms with E-state index in [0.29, 0.717) is 10.8 Å². The Morgan fingerprint density at radius 3 is 2.48 bits per heavy atom. The van der Waals surface area contributed by atoms with Crippen molar-refractivity contribution in [2.45, 2.75) is 20.0 Å². The van der Waals surface area contributed by atoms with E-state index in [4.69, 9.17) is 16.3 Å². The third kappa shape index (κ3) is 2.74. The van der Waals surface area contributed by atoms with E-state index < -0.39 is 5.97 Å². The van der Waals surface area contributed by atoms with Crippen molar-refractivity contribution < 1.29 is 19.1 Å². The quantitative estimate of drug-likeness (QED) is 0.355. The first-order valence-electron chi connectivity index (χ1n) is 8.26. The number of pyridine rings is 1. The normalized spacial score (nSPS) is 29.4. The minimum absolute atomic E-state index is 0.0455. The van der Waals surface area contributed by atoms with Gasteiger partial charge < -0.3 is 4.74 Å². The van der Waals surface area contributed by atoms with Crippen LogP contribution >= 0.6 is 11.6 Å². The summed E-state index contributed by atoms with van der Waals surface area (Å²) in [6.07, 6.45) is 4.91. The van der Waals surface area contributed by atoms with Crippen LogP contribution in [0.1, 0.15) is 17.7 Å². The molecule has 1 aromatic heterocycles. The highest BCUT2D eigenvalue weighted by atomic mass is 35.5. The lowest BCUT2D eigenvalue weighted by Gasteiger charge is -2.16. The maximum atomic E-state index is 12.5. The Morgan fingerprint density at radius 2 is 1.88 bits per heavy atom. The zero-order chi connectivity index (χ0) is 17.7. The summed E-state index contributed by atoms with van der Waals surface area (Å²) in [4.78, 5) is 42.3. The maximum absolute atomic E-state index is 12.5. The monoisotopic (exact) mass is 360 g/mol. The minimum atomic E-state index is -0.624. The lowest BCUT2D eigenvalue weighted by atomic mass is 9.85. The van der Waals surface area contributed by atoms with Gasteiger partial charge in [-0.2, -0.15) is 0 Å². The van der Waals surface area contributed by atoms with Gasteiger partial charge in [0.25, 0.3) is 0 Å². The Morgan fingerprint density at radius 1 is 1.24 bits per heavy atom. The molecule has 2 heterocycles. The maximum Gasteiger partial charge on any atom is 0.326 e. The van der Waals surface area contributed by atoms with Crippen LogP contribution in [0, 0.1) is 30.6 Å². The topological polar surface area (TPSA) is 76.6 Å². The Labute approximate surface area is 149 Å². The van der Waals surface area contributed by atoms with Crippen LogP contribution in [-0.4, -0.2) is 34.2 Å². The summed E-state index contributed by atoms with van der Waals surface area (Å²) in [5.74, 6) is -1.46. The number of esters is 1. The zero-order valence-electron chi connectivity index (χ0n) is 13.6. The standard InChI is InChI=1S/C18H17ClN2O4/c1-9-4-12(20-13(19)5-9)8-25-14(22)7-21-17(23)15-10-2-3-11(6-10)16(15)18(21)24/h2-5,10-11,15-16H,6-8H2,1H3/t10-,11-,15-,16+/m0/s1. The summed E-state index contributed by atoms with van der Waals surface area (Å²) in [6.45, 7) is 1.47. The number of imide groups is 1. The summed E-state index contributed by atoms with van der Waals surface area (Å²) in [5, 5.41) is 0.326. The second-order valence-corrected chi connectivity index (χ2v) is 7.27. The highest BCUT2D eigenvalue weighted by molar-refractivity contribution is 6.29. The number of fused-ring (bicyclic) bond motifs is 5. The average Bonchev–Trinajstić information content (AvgIpc) is 3.22. The van der Waals surface area contributed by atoms with E-state index in [1.54, 1.807) is 12.1 Å². The Bertz CT molecular complexity index is 756. The molecule has 2 aliphatic carbocycles. The predicted octanol–water partition coefficient (Wildman–Crippen LogP) is 1.89. The fourth-order valence-electron chi connectivity index (χ4n) is 4.22. The van der Waals surface area contributed by atoms with Gasteiger partial charge in [-0.25, -0.2) is 4.98 Å². The number of ether oxygens (including phenoxy) is 1. The van der Waals surface area contributed by atoms with E-state index in [0.717, 1.165) is 16.9 Å². The van der Waals surface area contributed by atoms with Crippen LogP contribution in [0.5, 0.6) is 0 Å². The predicted molar refractivity (Wildman–Crippen MR) is 88.2 cm³/mol. The molecule has 4 atom stereocenters. The molecule has 2 bridgehead atoms. The lowest BCUT2D eigenvalue weighted by molar-refractivity contribution is -0.154. The van der Waals surface area contributed by atoms with E-state index in [9.17, 15) is 14.4 Å². The fraction of sp³-hybridized carbons (Fsp3) is 0.444. The molecule has 1 aromatic rings. The molecular weight excluding hydrogens is 344 g/mol. The van der Waals surface area contributed by atoms with Crippen LogP contribution < -0.4 is 0 Å². The number of allylic oxidation sites excluding steroid dienone is 2. The number of aryl methyl sites for hydroxylation is 1. The number of halogens is 1. The van der Waals surface area contributed by atoms with Gasteiger partial charge in [0.2, 0.25) is 11.8 Å². The Balaban J connectivity index is 1.38. The fourth-order valence-corrected chi connectivity index (χ4v) is 4.50. The largest absolute Gasteiger partial charge is 0.458 e. The highest BCUT2D eigenvalue weighted by Crippen LogP contribution is 2.52. The molecule has 1 aliphatic heterocycles. The molecule has 4 rings (SSSR count). The van der Waals surface area contributed by atoms with Crippen molar-refractivity contribution in [3.8, 4) is 0 Å². The molecule has 25 heavy (non-hydrogen) atoms. The number of carbonyl (C=O) groups is 3. The Kier molecular flexibility index (Phi) is 3.87. The number of carbonyl (C=O) groups excluding carboxylic acids is 3. The van der Waals surface area contributed by atoms with Gasteiger partial charge in [-0.05, 0) is 42.9 Å². The molecule has 0 N–H and O–H groups in total. The van der Waals surface area contributed by atoms with E-state index in [-0.39, 0.29) is 48.6 Å². The van der Waals surface area contributed by atoms with Gasteiger partial charge in [0.05, 0.1) is 17.5 Å².